The highest BCUT2D eigenvalue weighted by Crippen LogP contribution is 2.33. The zero-order valence-corrected chi connectivity index (χ0v) is 17.1. The van der Waals surface area contributed by atoms with Crippen LogP contribution >= 0.6 is 23.2 Å². The SMILES string of the molecule is COc1ccc(-c2c(C#N)c(N)[nH]c(=O)c2C#N)cc1COc1ccc(Cl)cc1Cl. The lowest BCUT2D eigenvalue weighted by Crippen LogP contribution is -2.16. The standard InChI is InChI=1S/C21H14Cl2N4O3/c1-29-17-4-2-11(19-14(8-24)20(26)27-21(28)15(19)9-25)6-12(17)10-30-18-5-3-13(22)7-16(18)23/h2-7H,10H2,1H3,(H3,26,27,28). The van der Waals surface area contributed by atoms with Crippen molar-refractivity contribution in [1.29, 1.82) is 10.5 Å². The number of aromatic nitrogens is 1. The maximum atomic E-state index is 12.2. The van der Waals surface area contributed by atoms with Crippen molar-refractivity contribution in [3.63, 3.8) is 0 Å². The molecular weight excluding hydrogens is 427 g/mol. The first-order chi connectivity index (χ1) is 14.4. The van der Waals surface area contributed by atoms with Crippen LogP contribution in [0.15, 0.2) is 41.2 Å². The minimum Gasteiger partial charge on any atom is -0.496 e. The highest BCUT2D eigenvalue weighted by molar-refractivity contribution is 6.35. The Hall–Kier alpha value is -3.65. The van der Waals surface area contributed by atoms with Crippen molar-refractivity contribution in [1.82, 2.24) is 4.98 Å². The Balaban J connectivity index is 2.09. The summed E-state index contributed by atoms with van der Waals surface area (Å²) in [6.45, 7) is 0.0703. The number of benzene rings is 2. The van der Waals surface area contributed by atoms with Crippen LogP contribution in [0.2, 0.25) is 10.0 Å². The van der Waals surface area contributed by atoms with Crippen molar-refractivity contribution in [2.45, 2.75) is 6.61 Å². The van der Waals surface area contributed by atoms with E-state index in [1.807, 2.05) is 12.1 Å². The predicted octanol–water partition coefficient (Wildman–Crippen LogP) is 4.26. The Labute approximate surface area is 181 Å². The lowest BCUT2D eigenvalue weighted by Gasteiger charge is -2.14. The monoisotopic (exact) mass is 440 g/mol. The summed E-state index contributed by atoms with van der Waals surface area (Å²) in [5.74, 6) is 0.820. The van der Waals surface area contributed by atoms with Crippen LogP contribution in [0.1, 0.15) is 16.7 Å². The van der Waals surface area contributed by atoms with Crippen LogP contribution in [-0.4, -0.2) is 12.1 Å². The fraction of sp³-hybridized carbons (Fsp3) is 0.0952. The van der Waals surface area contributed by atoms with E-state index >= 15 is 0 Å². The molecule has 0 aliphatic rings. The van der Waals surface area contributed by atoms with E-state index < -0.39 is 5.56 Å². The van der Waals surface area contributed by atoms with Gasteiger partial charge in [0.2, 0.25) is 0 Å². The van der Waals surface area contributed by atoms with Crippen molar-refractivity contribution in [3.8, 4) is 34.8 Å². The van der Waals surface area contributed by atoms with Crippen LogP contribution in [0.4, 0.5) is 5.82 Å². The summed E-state index contributed by atoms with van der Waals surface area (Å²) in [6, 6.07) is 13.6. The molecule has 0 spiro atoms. The number of ether oxygens (including phenoxy) is 2. The lowest BCUT2D eigenvalue weighted by atomic mass is 9.95. The van der Waals surface area contributed by atoms with Gasteiger partial charge in [0.25, 0.3) is 5.56 Å². The van der Waals surface area contributed by atoms with E-state index in [1.165, 1.54) is 7.11 Å². The largest absolute Gasteiger partial charge is 0.496 e. The molecule has 1 aromatic heterocycles. The molecule has 0 aliphatic carbocycles. The number of halogens is 2. The molecule has 9 heteroatoms. The van der Waals surface area contributed by atoms with Gasteiger partial charge in [0, 0.05) is 16.1 Å². The first kappa shape index (κ1) is 21.1. The molecule has 0 saturated heterocycles. The number of nitrogen functional groups attached to an aromatic ring is 1. The van der Waals surface area contributed by atoms with Gasteiger partial charge in [0.15, 0.2) is 0 Å². The van der Waals surface area contributed by atoms with Gasteiger partial charge in [-0.15, -0.1) is 0 Å². The zero-order valence-electron chi connectivity index (χ0n) is 15.6. The van der Waals surface area contributed by atoms with Gasteiger partial charge >= 0.3 is 0 Å². The second-order valence-electron chi connectivity index (χ2n) is 6.11. The minimum atomic E-state index is -0.675. The Bertz CT molecular complexity index is 1270. The Kier molecular flexibility index (Phi) is 6.17. The number of rotatable bonds is 5. The summed E-state index contributed by atoms with van der Waals surface area (Å²) in [5, 5.41) is 19.8. The maximum Gasteiger partial charge on any atom is 0.268 e. The number of nitrogens with one attached hydrogen (secondary N) is 1. The molecule has 150 valence electrons. The highest BCUT2D eigenvalue weighted by atomic mass is 35.5. The van der Waals surface area contributed by atoms with Gasteiger partial charge < -0.3 is 20.2 Å². The molecule has 30 heavy (non-hydrogen) atoms. The van der Waals surface area contributed by atoms with Gasteiger partial charge in [0.1, 0.15) is 47.2 Å². The molecule has 2 aromatic carbocycles. The molecule has 3 aromatic rings. The van der Waals surface area contributed by atoms with Gasteiger partial charge in [-0.3, -0.25) is 4.79 Å². The molecule has 3 rings (SSSR count). The van der Waals surface area contributed by atoms with Crippen LogP contribution in [-0.2, 0) is 6.61 Å². The summed E-state index contributed by atoms with van der Waals surface area (Å²) in [4.78, 5) is 14.5. The number of H-pyrrole nitrogens is 1. The molecule has 7 nitrogen and oxygen atoms in total. The molecule has 0 bridgehead atoms. The van der Waals surface area contributed by atoms with E-state index in [-0.39, 0.29) is 29.1 Å². The van der Waals surface area contributed by atoms with Gasteiger partial charge in [-0.25, -0.2) is 0 Å². The minimum absolute atomic E-state index is 0.00364. The molecular formula is C21H14Cl2N4O3. The average molecular weight is 441 g/mol. The molecule has 0 unspecified atom stereocenters. The Morgan fingerprint density at radius 1 is 1.07 bits per heavy atom. The molecule has 0 aliphatic heterocycles. The molecule has 0 saturated carbocycles. The second kappa shape index (κ2) is 8.79. The van der Waals surface area contributed by atoms with E-state index in [0.717, 1.165) is 0 Å². The third-order valence-corrected chi connectivity index (χ3v) is 4.84. The number of anilines is 1. The van der Waals surface area contributed by atoms with Crippen LogP contribution < -0.4 is 20.8 Å². The lowest BCUT2D eigenvalue weighted by molar-refractivity contribution is 0.297. The maximum absolute atomic E-state index is 12.2. The van der Waals surface area contributed by atoms with Gasteiger partial charge in [-0.05, 0) is 35.9 Å². The fourth-order valence-corrected chi connectivity index (χ4v) is 3.39. The number of nitrogens with two attached hydrogens (primary N) is 1. The summed E-state index contributed by atoms with van der Waals surface area (Å²) in [7, 11) is 1.50. The first-order valence-electron chi connectivity index (χ1n) is 8.50. The third kappa shape index (κ3) is 4.04. The number of pyridine rings is 1. The molecule has 3 N–H and O–H groups in total. The average Bonchev–Trinajstić information content (AvgIpc) is 2.72. The van der Waals surface area contributed by atoms with E-state index in [9.17, 15) is 15.3 Å². The number of aromatic amines is 1. The van der Waals surface area contributed by atoms with Crippen molar-refractivity contribution < 1.29 is 9.47 Å². The number of hydrogen-bond acceptors (Lipinski definition) is 6. The quantitative estimate of drug-likeness (QED) is 0.610. The van der Waals surface area contributed by atoms with Gasteiger partial charge in [0.05, 0.1) is 12.1 Å². The third-order valence-electron chi connectivity index (χ3n) is 4.31. The smallest absolute Gasteiger partial charge is 0.268 e. The van der Waals surface area contributed by atoms with Crippen LogP contribution in [0.5, 0.6) is 11.5 Å². The fourth-order valence-electron chi connectivity index (χ4n) is 2.93. The Morgan fingerprint density at radius 3 is 2.40 bits per heavy atom. The number of methoxy groups -OCH3 is 1. The predicted molar refractivity (Wildman–Crippen MR) is 114 cm³/mol. The molecule has 0 radical (unpaired) electrons. The van der Waals surface area contributed by atoms with Crippen LogP contribution in [0.3, 0.4) is 0 Å². The van der Waals surface area contributed by atoms with Gasteiger partial charge in [-0.2, -0.15) is 10.5 Å². The van der Waals surface area contributed by atoms with Crippen molar-refractivity contribution in [3.05, 3.63) is 73.5 Å². The summed E-state index contributed by atoms with van der Waals surface area (Å²) >= 11 is 12.0. The van der Waals surface area contributed by atoms with E-state index in [1.54, 1.807) is 36.4 Å². The van der Waals surface area contributed by atoms with Crippen LogP contribution in [0, 0.1) is 22.7 Å². The summed E-state index contributed by atoms with van der Waals surface area (Å²) < 4.78 is 11.2. The van der Waals surface area contributed by atoms with E-state index in [4.69, 9.17) is 38.4 Å². The zero-order chi connectivity index (χ0) is 21.8. The van der Waals surface area contributed by atoms with Crippen molar-refractivity contribution in [2.75, 3.05) is 12.8 Å². The molecule has 0 atom stereocenters. The normalized spacial score (nSPS) is 10.2. The Morgan fingerprint density at radius 2 is 1.77 bits per heavy atom. The molecule has 1 heterocycles. The number of hydrogen-bond donors (Lipinski definition) is 2. The summed E-state index contributed by atoms with van der Waals surface area (Å²) in [5.41, 5.74) is 6.11. The first-order valence-corrected chi connectivity index (χ1v) is 9.26. The topological polar surface area (TPSA) is 125 Å². The van der Waals surface area contributed by atoms with Crippen molar-refractivity contribution >= 4 is 29.0 Å². The number of nitriles is 2. The molecule has 0 amide bonds. The number of nitrogens with zero attached hydrogens (tertiary/aromatic N) is 2. The molecule has 0 fully saturated rings. The van der Waals surface area contributed by atoms with Crippen LogP contribution in [0.25, 0.3) is 11.1 Å². The van der Waals surface area contributed by atoms with E-state index in [2.05, 4.69) is 4.98 Å². The highest BCUT2D eigenvalue weighted by Gasteiger charge is 2.19. The van der Waals surface area contributed by atoms with E-state index in [0.29, 0.717) is 32.7 Å². The van der Waals surface area contributed by atoms with Crippen molar-refractivity contribution in [2.24, 2.45) is 0 Å². The summed E-state index contributed by atoms with van der Waals surface area (Å²) in [6.07, 6.45) is 0. The van der Waals surface area contributed by atoms with Gasteiger partial charge in [-0.1, -0.05) is 29.3 Å². The second-order valence-corrected chi connectivity index (χ2v) is 6.95.